The van der Waals surface area contributed by atoms with Crippen LogP contribution < -0.4 is 0 Å². The van der Waals surface area contributed by atoms with E-state index in [0.717, 1.165) is 40.4 Å². The lowest BCUT2D eigenvalue weighted by molar-refractivity contribution is -0.132. The predicted molar refractivity (Wildman–Crippen MR) is 137 cm³/mol. The van der Waals surface area contributed by atoms with E-state index in [9.17, 15) is 9.59 Å². The molecular formula is C26H33NO3S2. The van der Waals surface area contributed by atoms with Crippen molar-refractivity contribution >= 4 is 35.3 Å². The summed E-state index contributed by atoms with van der Waals surface area (Å²) in [7, 11) is 3.97. The fourth-order valence-electron chi connectivity index (χ4n) is 3.56. The van der Waals surface area contributed by atoms with Crippen LogP contribution in [0.25, 0.3) is 0 Å². The van der Waals surface area contributed by atoms with Gasteiger partial charge in [0.2, 0.25) is 0 Å². The molecule has 4 nitrogen and oxygen atoms in total. The number of rotatable bonds is 14. The zero-order chi connectivity index (χ0) is 23.6. The van der Waals surface area contributed by atoms with Crippen molar-refractivity contribution in [2.75, 3.05) is 31.4 Å². The number of ketones is 1. The quantitative estimate of drug-likeness (QED) is 0.166. The average molecular weight is 472 g/mol. The van der Waals surface area contributed by atoms with E-state index in [4.69, 9.17) is 5.11 Å². The Bertz CT molecular complexity index is 897. The van der Waals surface area contributed by atoms with Gasteiger partial charge in [-0.15, -0.1) is 11.8 Å². The smallest absolute Gasteiger partial charge is 0.331 e. The highest BCUT2D eigenvalue weighted by atomic mass is 32.2. The van der Waals surface area contributed by atoms with Gasteiger partial charge >= 0.3 is 5.97 Å². The van der Waals surface area contributed by atoms with Gasteiger partial charge in [0.25, 0.3) is 0 Å². The Labute approximate surface area is 200 Å². The zero-order valence-electron chi connectivity index (χ0n) is 19.2. The zero-order valence-corrected chi connectivity index (χ0v) is 20.8. The number of thioether (sulfide) groups is 2. The largest absolute Gasteiger partial charge is 0.478 e. The second-order valence-electron chi connectivity index (χ2n) is 7.96. The van der Waals surface area contributed by atoms with Gasteiger partial charge in [-0.3, -0.25) is 9.69 Å². The Balaban J connectivity index is 1.95. The molecule has 0 aromatic heterocycles. The Morgan fingerprint density at radius 2 is 1.69 bits per heavy atom. The lowest BCUT2D eigenvalue weighted by atomic mass is 9.80. The molecule has 0 bridgehead atoms. The van der Waals surface area contributed by atoms with Gasteiger partial charge in [-0.1, -0.05) is 56.0 Å². The highest BCUT2D eigenvalue weighted by Gasteiger charge is 2.39. The molecule has 0 saturated carbocycles. The van der Waals surface area contributed by atoms with Gasteiger partial charge in [0.05, 0.1) is 5.54 Å². The molecule has 1 atom stereocenters. The Hall–Kier alpha value is -2.02. The third-order valence-corrected chi connectivity index (χ3v) is 7.83. The molecule has 1 unspecified atom stereocenters. The second kappa shape index (κ2) is 12.9. The number of likely N-dealkylation sites (N-methyl/N-ethyl adjacent to an activating group) is 1. The maximum atomic E-state index is 13.6. The van der Waals surface area contributed by atoms with Crippen LogP contribution in [0.4, 0.5) is 0 Å². The molecule has 0 aliphatic heterocycles. The van der Waals surface area contributed by atoms with Crippen LogP contribution in [0.1, 0.15) is 35.7 Å². The first-order valence-corrected chi connectivity index (χ1v) is 12.9. The highest BCUT2D eigenvalue weighted by molar-refractivity contribution is 8.00. The van der Waals surface area contributed by atoms with Crippen LogP contribution in [-0.2, 0) is 11.2 Å². The Morgan fingerprint density at radius 1 is 1.03 bits per heavy atom. The van der Waals surface area contributed by atoms with Gasteiger partial charge in [-0.2, -0.15) is 11.8 Å². The maximum absolute atomic E-state index is 13.6. The summed E-state index contributed by atoms with van der Waals surface area (Å²) in [5, 5.41) is 8.82. The third-order valence-electron chi connectivity index (χ3n) is 5.60. The molecule has 0 heterocycles. The van der Waals surface area contributed by atoms with E-state index < -0.39 is 11.5 Å². The molecule has 0 radical (unpaired) electrons. The van der Waals surface area contributed by atoms with Crippen LogP contribution in [0.15, 0.2) is 71.6 Å². The van der Waals surface area contributed by atoms with Crippen molar-refractivity contribution < 1.29 is 14.7 Å². The van der Waals surface area contributed by atoms with Crippen LogP contribution >= 0.6 is 23.5 Å². The number of aliphatic carboxylic acids is 1. The molecule has 172 valence electrons. The van der Waals surface area contributed by atoms with Crippen LogP contribution in [0.2, 0.25) is 0 Å². The minimum atomic E-state index is -0.924. The minimum Gasteiger partial charge on any atom is -0.478 e. The maximum Gasteiger partial charge on any atom is 0.331 e. The molecule has 0 aliphatic rings. The number of carbonyl (C=O) groups excluding carboxylic acids is 1. The SMILES string of the molecule is C=C(CSCCCSc1ccc(C(=O)C(CC)(Cc2ccccc2)N(C)C)cc1)C(=O)O. The molecule has 0 aliphatic carbocycles. The number of hydrogen-bond acceptors (Lipinski definition) is 5. The fourth-order valence-corrected chi connectivity index (χ4v) is 5.45. The molecule has 0 saturated heterocycles. The van der Waals surface area contributed by atoms with E-state index in [1.54, 1.807) is 23.5 Å². The second-order valence-corrected chi connectivity index (χ2v) is 10.2. The van der Waals surface area contributed by atoms with Crippen molar-refractivity contribution in [3.8, 4) is 0 Å². The lowest BCUT2D eigenvalue weighted by Gasteiger charge is -2.38. The molecule has 2 aromatic carbocycles. The van der Waals surface area contributed by atoms with Crippen molar-refractivity contribution in [2.45, 2.75) is 36.6 Å². The molecular weight excluding hydrogens is 438 g/mol. The minimum absolute atomic E-state index is 0.153. The first kappa shape index (κ1) is 26.2. The molecule has 0 fully saturated rings. The summed E-state index contributed by atoms with van der Waals surface area (Å²) in [6.07, 6.45) is 2.40. The Kier molecular flexibility index (Phi) is 10.6. The molecule has 2 aromatic rings. The third kappa shape index (κ3) is 7.26. The summed E-state index contributed by atoms with van der Waals surface area (Å²) < 4.78 is 0. The van der Waals surface area contributed by atoms with Crippen LogP contribution in [0, 0.1) is 0 Å². The first-order chi connectivity index (χ1) is 15.3. The summed E-state index contributed by atoms with van der Waals surface area (Å²) in [5.41, 5.74) is 1.57. The van der Waals surface area contributed by atoms with Crippen molar-refractivity contribution in [3.05, 3.63) is 77.9 Å². The number of nitrogens with zero attached hydrogens (tertiary/aromatic N) is 1. The van der Waals surface area contributed by atoms with E-state index in [-0.39, 0.29) is 11.4 Å². The average Bonchev–Trinajstić information content (AvgIpc) is 2.80. The molecule has 32 heavy (non-hydrogen) atoms. The monoisotopic (exact) mass is 471 g/mol. The van der Waals surface area contributed by atoms with Gasteiger partial charge in [0.1, 0.15) is 0 Å². The van der Waals surface area contributed by atoms with Gasteiger partial charge in [0, 0.05) is 21.8 Å². The normalized spacial score (nSPS) is 13.0. The molecule has 0 spiro atoms. The van der Waals surface area contributed by atoms with Gasteiger partial charge in [0.15, 0.2) is 5.78 Å². The van der Waals surface area contributed by atoms with Crippen molar-refractivity contribution in [1.29, 1.82) is 0 Å². The van der Waals surface area contributed by atoms with Gasteiger partial charge < -0.3 is 5.11 Å². The standard InChI is InChI=1S/C26H33NO3S2/c1-5-26(27(3)4,18-21-10-7-6-8-11-21)24(28)22-12-14-23(15-13-22)32-17-9-16-31-19-20(2)25(29)30/h6-8,10-15H,2,5,9,16-19H2,1,3-4H3,(H,29,30). The number of hydrogen-bond donors (Lipinski definition) is 1. The van der Waals surface area contributed by atoms with Gasteiger partial charge in [-0.05, 0) is 62.6 Å². The number of benzene rings is 2. The topological polar surface area (TPSA) is 57.6 Å². The first-order valence-electron chi connectivity index (χ1n) is 10.8. The van der Waals surface area contributed by atoms with E-state index in [2.05, 4.69) is 30.5 Å². The number of carbonyl (C=O) groups is 2. The van der Waals surface area contributed by atoms with E-state index in [1.807, 2.05) is 56.6 Å². The molecule has 1 N–H and O–H groups in total. The van der Waals surface area contributed by atoms with Crippen molar-refractivity contribution in [2.24, 2.45) is 0 Å². The fraction of sp³-hybridized carbons (Fsp3) is 0.385. The van der Waals surface area contributed by atoms with Crippen LogP contribution in [0.3, 0.4) is 0 Å². The molecule has 6 heteroatoms. The number of Topliss-reactive ketones (excluding diaryl/α,β-unsaturated/α-hetero) is 1. The predicted octanol–water partition coefficient (Wildman–Crippen LogP) is 5.68. The van der Waals surface area contributed by atoms with E-state index >= 15 is 0 Å². The molecule has 2 rings (SSSR count). The van der Waals surface area contributed by atoms with Crippen LogP contribution in [-0.4, -0.2) is 58.7 Å². The summed E-state index contributed by atoms with van der Waals surface area (Å²) in [6, 6.07) is 18.1. The lowest BCUT2D eigenvalue weighted by Crippen LogP contribution is -2.52. The highest BCUT2D eigenvalue weighted by Crippen LogP contribution is 2.29. The summed E-state index contributed by atoms with van der Waals surface area (Å²) in [6.45, 7) is 5.62. The van der Waals surface area contributed by atoms with Gasteiger partial charge in [-0.25, -0.2) is 4.79 Å². The van der Waals surface area contributed by atoms with Crippen molar-refractivity contribution in [3.63, 3.8) is 0 Å². The summed E-state index contributed by atoms with van der Waals surface area (Å²) in [5.74, 6) is 1.54. The van der Waals surface area contributed by atoms with Crippen molar-refractivity contribution in [1.82, 2.24) is 4.90 Å². The molecule has 0 amide bonds. The number of carboxylic acids is 1. The summed E-state index contributed by atoms with van der Waals surface area (Å²) in [4.78, 5) is 27.5. The summed E-state index contributed by atoms with van der Waals surface area (Å²) >= 11 is 3.35. The van der Waals surface area contributed by atoms with E-state index in [1.165, 1.54) is 0 Å². The van der Waals surface area contributed by atoms with Crippen LogP contribution in [0.5, 0.6) is 0 Å². The number of carboxylic acid groups (broad SMARTS) is 1. The van der Waals surface area contributed by atoms with E-state index in [0.29, 0.717) is 12.2 Å². The Morgan fingerprint density at radius 3 is 2.25 bits per heavy atom.